The zero-order valence-electron chi connectivity index (χ0n) is 8.58. The molecule has 3 N–H and O–H groups in total. The smallest absolute Gasteiger partial charge is 0.256 e. The lowest BCUT2D eigenvalue weighted by molar-refractivity contribution is -0.380. The van der Waals surface area contributed by atoms with Crippen LogP contribution < -0.4 is 10.5 Å². The van der Waals surface area contributed by atoms with Gasteiger partial charge in [-0.2, -0.15) is 0 Å². The average molecular weight is 197 g/mol. The minimum absolute atomic E-state index is 0.674. The van der Waals surface area contributed by atoms with Gasteiger partial charge in [-0.3, -0.25) is 0 Å². The molecule has 1 rings (SSSR count). The number of benzene rings is 1. The number of aliphatic hydroxyl groups excluding tert-OH is 1. The third-order valence-corrected chi connectivity index (χ3v) is 1.77. The van der Waals surface area contributed by atoms with Crippen LogP contribution in [-0.4, -0.2) is 25.8 Å². The summed E-state index contributed by atoms with van der Waals surface area (Å²) >= 11 is 0. The second-order valence-corrected chi connectivity index (χ2v) is 2.61. The molecular weight excluding hydrogens is 180 g/mol. The first-order valence-electron chi connectivity index (χ1n) is 4.44. The van der Waals surface area contributed by atoms with Crippen molar-refractivity contribution in [2.24, 2.45) is 0 Å². The number of hydrogen-bond acceptors (Lipinski definition) is 3. The molecule has 0 fully saturated rings. The maximum atomic E-state index is 10.4. The quantitative estimate of drug-likeness (QED) is 0.612. The Balaban J connectivity index is 0.000000791. The van der Waals surface area contributed by atoms with Gasteiger partial charge in [0.15, 0.2) is 0 Å². The highest BCUT2D eigenvalue weighted by Gasteiger charge is 2.04. The number of likely N-dealkylation sites (N-methyl/N-ethyl adjacent to an activating group) is 1. The Morgan fingerprint density at radius 2 is 2.00 bits per heavy atom. The number of nitrogens with one attached hydrogen (secondary N) is 2. The Morgan fingerprint density at radius 1 is 1.36 bits per heavy atom. The normalized spacial score (nSPS) is 8.79. The predicted octanol–water partition coefficient (Wildman–Crippen LogP) is -0.464. The molecule has 0 aliphatic rings. The first-order valence-corrected chi connectivity index (χ1v) is 4.44. The van der Waals surface area contributed by atoms with Gasteiger partial charge in [0.25, 0.3) is 5.69 Å². The zero-order chi connectivity index (χ0) is 10.8. The Kier molecular flexibility index (Phi) is 7.59. The van der Waals surface area contributed by atoms with Crippen LogP contribution in [-0.2, 0) is 6.42 Å². The van der Waals surface area contributed by atoms with E-state index in [4.69, 9.17) is 5.11 Å². The van der Waals surface area contributed by atoms with Gasteiger partial charge in [0, 0.05) is 28.8 Å². The van der Waals surface area contributed by atoms with Crippen LogP contribution in [0.2, 0.25) is 0 Å². The lowest BCUT2D eigenvalue weighted by Crippen LogP contribution is -2.56. The van der Waals surface area contributed by atoms with E-state index in [9.17, 15) is 4.91 Å². The summed E-state index contributed by atoms with van der Waals surface area (Å²) < 4.78 is 0. The molecule has 0 amide bonds. The van der Waals surface area contributed by atoms with Crippen molar-refractivity contribution in [1.82, 2.24) is 5.32 Å². The van der Waals surface area contributed by atoms with Crippen LogP contribution in [0.3, 0.4) is 0 Å². The number of rotatable bonds is 4. The summed E-state index contributed by atoms with van der Waals surface area (Å²) in [5, 5.41) is 12.0. The Hall–Kier alpha value is -1.26. The molecule has 0 aromatic heterocycles. The van der Waals surface area contributed by atoms with Gasteiger partial charge in [0.05, 0.1) is 0 Å². The van der Waals surface area contributed by atoms with E-state index in [2.05, 4.69) is 5.32 Å². The molecule has 4 nitrogen and oxygen atoms in total. The molecule has 14 heavy (non-hydrogen) atoms. The average Bonchev–Trinajstić information content (AvgIpc) is 2.29. The second-order valence-electron chi connectivity index (χ2n) is 2.61. The van der Waals surface area contributed by atoms with E-state index in [1.165, 1.54) is 0 Å². The zero-order valence-corrected chi connectivity index (χ0v) is 8.58. The van der Waals surface area contributed by atoms with Gasteiger partial charge in [-0.1, -0.05) is 18.2 Å². The molecule has 1 aromatic carbocycles. The van der Waals surface area contributed by atoms with Crippen molar-refractivity contribution in [3.8, 4) is 0 Å². The van der Waals surface area contributed by atoms with Gasteiger partial charge < -0.3 is 10.4 Å². The van der Waals surface area contributed by atoms with Gasteiger partial charge in [-0.25, -0.2) is 0 Å². The minimum atomic E-state index is 0.674. The van der Waals surface area contributed by atoms with Crippen LogP contribution in [0.1, 0.15) is 5.56 Å². The molecule has 0 spiro atoms. The predicted molar refractivity (Wildman–Crippen MR) is 56.2 cm³/mol. The summed E-state index contributed by atoms with van der Waals surface area (Å²) in [5.41, 5.74) is 1.73. The second kappa shape index (κ2) is 8.34. The summed E-state index contributed by atoms with van der Waals surface area (Å²) in [7, 11) is 2.90. The molecule has 0 saturated heterocycles. The first-order chi connectivity index (χ1) is 6.88. The van der Waals surface area contributed by atoms with Crippen LogP contribution in [0.5, 0.6) is 0 Å². The van der Waals surface area contributed by atoms with Crippen molar-refractivity contribution in [3.63, 3.8) is 0 Å². The third-order valence-electron chi connectivity index (χ3n) is 1.77. The van der Waals surface area contributed by atoms with E-state index in [0.717, 1.165) is 25.6 Å². The lowest BCUT2D eigenvalue weighted by Gasteiger charge is -1.98. The summed E-state index contributed by atoms with van der Waals surface area (Å²) in [6.45, 7) is 0.888. The molecule has 0 bridgehead atoms. The highest BCUT2D eigenvalue weighted by Crippen LogP contribution is 2.08. The third kappa shape index (κ3) is 4.11. The molecule has 0 heterocycles. The first kappa shape index (κ1) is 12.7. The van der Waals surface area contributed by atoms with Crippen LogP contribution >= 0.6 is 0 Å². The van der Waals surface area contributed by atoms with E-state index >= 15 is 0 Å². The Morgan fingerprint density at radius 3 is 2.57 bits per heavy atom. The molecule has 0 radical (unpaired) electrons. The van der Waals surface area contributed by atoms with E-state index in [0.29, 0.717) is 5.69 Å². The molecule has 0 aliphatic carbocycles. The van der Waals surface area contributed by atoms with E-state index in [-0.39, 0.29) is 0 Å². The van der Waals surface area contributed by atoms with Crippen LogP contribution in [0.4, 0.5) is 5.69 Å². The number of para-hydroxylation sites is 1. The summed E-state index contributed by atoms with van der Waals surface area (Å²) in [5.74, 6) is 0. The molecule has 0 aliphatic heterocycles. The fourth-order valence-corrected chi connectivity index (χ4v) is 1.10. The highest BCUT2D eigenvalue weighted by molar-refractivity contribution is 5.38. The number of hydrogen-bond donors (Lipinski definition) is 3. The van der Waals surface area contributed by atoms with Gasteiger partial charge >= 0.3 is 0 Å². The van der Waals surface area contributed by atoms with Crippen molar-refractivity contribution in [1.29, 1.82) is 0 Å². The van der Waals surface area contributed by atoms with Crippen LogP contribution in [0.15, 0.2) is 24.3 Å². The van der Waals surface area contributed by atoms with Crippen molar-refractivity contribution in [2.45, 2.75) is 6.42 Å². The van der Waals surface area contributed by atoms with Crippen LogP contribution in [0.25, 0.3) is 0 Å². The summed E-state index contributed by atoms with van der Waals surface area (Å²) in [4.78, 5) is 10.4. The highest BCUT2D eigenvalue weighted by atomic mass is 16.3. The maximum absolute atomic E-state index is 10.4. The monoisotopic (exact) mass is 197 g/mol. The summed E-state index contributed by atoms with van der Waals surface area (Å²) in [6, 6.07) is 7.53. The minimum Gasteiger partial charge on any atom is -0.400 e. The molecule has 78 valence electrons. The van der Waals surface area contributed by atoms with Crippen molar-refractivity contribution in [2.75, 3.05) is 20.7 Å². The molecular formula is C10H17N2O2+. The fourth-order valence-electron chi connectivity index (χ4n) is 1.10. The van der Waals surface area contributed by atoms with Gasteiger partial charge in [0.2, 0.25) is 0 Å². The lowest BCUT2D eigenvalue weighted by atomic mass is 10.1. The van der Waals surface area contributed by atoms with E-state index < -0.39 is 0 Å². The molecule has 0 unspecified atom stereocenters. The number of nitroso groups, excluding NO2 is 1. The maximum Gasteiger partial charge on any atom is 0.256 e. The van der Waals surface area contributed by atoms with Gasteiger partial charge in [-0.05, 0) is 20.0 Å². The van der Waals surface area contributed by atoms with Crippen molar-refractivity contribution >= 4 is 5.69 Å². The van der Waals surface area contributed by atoms with Crippen LogP contribution in [0, 0.1) is 4.91 Å². The fraction of sp³-hybridized carbons (Fsp3) is 0.400. The van der Waals surface area contributed by atoms with Crippen molar-refractivity contribution in [3.05, 3.63) is 34.7 Å². The topological polar surface area (TPSA) is 63.3 Å². The largest absolute Gasteiger partial charge is 0.400 e. The van der Waals surface area contributed by atoms with E-state index in [1.54, 1.807) is 6.07 Å². The summed E-state index contributed by atoms with van der Waals surface area (Å²) in [6.07, 6.45) is 0.877. The molecule has 4 heteroatoms. The molecule has 1 aromatic rings. The SMILES string of the molecule is CNCCc1ccccc1[NH+]=O.CO. The van der Waals surface area contributed by atoms with Gasteiger partial charge in [0.1, 0.15) is 0 Å². The Bertz CT molecular complexity index is 264. The molecule has 0 atom stereocenters. The van der Waals surface area contributed by atoms with E-state index in [1.807, 2.05) is 30.4 Å². The van der Waals surface area contributed by atoms with Gasteiger partial charge in [-0.15, -0.1) is 0 Å². The number of aliphatic hydroxyl groups is 1. The van der Waals surface area contributed by atoms with Crippen molar-refractivity contribution < 1.29 is 10.3 Å². The standard InChI is InChI=1S/C9H12N2O.CH4O/c1-10-7-6-8-4-2-3-5-9(8)11-12;1-2/h2-5,10H,6-7H2,1H3;2H,1H3/p+1. The Labute approximate surface area is 83.9 Å². The molecule has 0 saturated carbocycles.